The summed E-state index contributed by atoms with van der Waals surface area (Å²) >= 11 is 0. The Morgan fingerprint density at radius 1 is 1.43 bits per heavy atom. The lowest BCUT2D eigenvalue weighted by Crippen LogP contribution is -2.35. The van der Waals surface area contributed by atoms with Crippen LogP contribution in [0.4, 0.5) is 4.39 Å². The van der Waals surface area contributed by atoms with E-state index in [1.165, 1.54) is 5.56 Å². The average molecular weight is 191 g/mol. The van der Waals surface area contributed by atoms with E-state index in [9.17, 15) is 4.39 Å². The summed E-state index contributed by atoms with van der Waals surface area (Å²) in [5, 5.41) is 1.92. The number of hydrogen-bond donors (Lipinski definition) is 0. The number of rotatable bonds is 1. The van der Waals surface area contributed by atoms with Crippen molar-refractivity contribution < 1.29 is 4.39 Å². The molecular weight excluding hydrogens is 177 g/mol. The van der Waals surface area contributed by atoms with Gasteiger partial charge < -0.3 is 0 Å². The minimum absolute atomic E-state index is 0.272. The predicted molar refractivity (Wildman–Crippen MR) is 55.5 cm³/mol. The number of nitrogens with zero attached hydrogens (tertiary/aromatic N) is 1. The molecule has 1 aromatic carbocycles. The highest BCUT2D eigenvalue weighted by molar-refractivity contribution is 5.36. The number of alkyl halides is 1. The summed E-state index contributed by atoms with van der Waals surface area (Å²) < 4.78 is 13.2. The Labute approximate surface area is 83.0 Å². The van der Waals surface area contributed by atoms with Crippen LogP contribution in [-0.4, -0.2) is 12.7 Å². The van der Waals surface area contributed by atoms with Crippen molar-refractivity contribution in [3.63, 3.8) is 0 Å². The maximum absolute atomic E-state index is 13.2. The second kappa shape index (κ2) is 3.52. The van der Waals surface area contributed by atoms with Crippen molar-refractivity contribution in [2.75, 3.05) is 6.54 Å². The summed E-state index contributed by atoms with van der Waals surface area (Å²) in [7, 11) is 0. The zero-order valence-electron chi connectivity index (χ0n) is 8.50. The summed E-state index contributed by atoms with van der Waals surface area (Å²) in [6.07, 6.45) is 0.778. The van der Waals surface area contributed by atoms with Crippen molar-refractivity contribution in [3.8, 4) is 0 Å². The third-order valence-corrected chi connectivity index (χ3v) is 2.52. The molecule has 0 aromatic heterocycles. The minimum atomic E-state index is -0.914. The molecule has 0 saturated carbocycles. The largest absolute Gasteiger partial charge is 0.281 e. The van der Waals surface area contributed by atoms with Crippen LogP contribution in [0.15, 0.2) is 23.2 Å². The van der Waals surface area contributed by atoms with Crippen LogP contribution in [-0.2, 0) is 0 Å². The predicted octanol–water partition coefficient (Wildman–Crippen LogP) is 1.56. The average Bonchev–Trinajstić information content (AvgIpc) is 2.16. The fourth-order valence-corrected chi connectivity index (χ4v) is 1.81. The molecule has 0 radical (unpaired) electrons. The van der Waals surface area contributed by atoms with Gasteiger partial charge in [0.1, 0.15) is 6.17 Å². The van der Waals surface area contributed by atoms with E-state index in [1.807, 2.05) is 18.2 Å². The molecule has 0 saturated heterocycles. The number of benzene rings is 1. The molecule has 1 atom stereocenters. The van der Waals surface area contributed by atoms with Crippen molar-refractivity contribution in [3.05, 3.63) is 34.3 Å². The molecule has 0 spiro atoms. The van der Waals surface area contributed by atoms with Crippen LogP contribution >= 0.6 is 0 Å². The van der Waals surface area contributed by atoms with E-state index in [4.69, 9.17) is 0 Å². The molecular formula is C12H14FN. The van der Waals surface area contributed by atoms with Gasteiger partial charge in [-0.05, 0) is 23.6 Å². The van der Waals surface area contributed by atoms with E-state index in [2.05, 4.69) is 18.8 Å². The van der Waals surface area contributed by atoms with Gasteiger partial charge >= 0.3 is 0 Å². The Bertz CT molecular complexity index is 448. The van der Waals surface area contributed by atoms with Crippen LogP contribution < -0.4 is 10.6 Å². The first-order chi connectivity index (χ1) is 6.68. The molecule has 0 fully saturated rings. The van der Waals surface area contributed by atoms with E-state index < -0.39 is 6.17 Å². The van der Waals surface area contributed by atoms with Gasteiger partial charge in [-0.15, -0.1) is 0 Å². The van der Waals surface area contributed by atoms with Crippen molar-refractivity contribution in [1.29, 1.82) is 0 Å². The first-order valence-corrected chi connectivity index (χ1v) is 4.98. The summed E-state index contributed by atoms with van der Waals surface area (Å²) in [6, 6.07) is 5.99. The van der Waals surface area contributed by atoms with Gasteiger partial charge in [0, 0.05) is 5.22 Å². The van der Waals surface area contributed by atoms with Crippen LogP contribution in [0, 0.1) is 0 Å². The molecule has 1 aliphatic rings. The molecule has 0 bridgehead atoms. The molecule has 74 valence electrons. The zero-order valence-corrected chi connectivity index (χ0v) is 8.50. The van der Waals surface area contributed by atoms with Crippen molar-refractivity contribution in [2.45, 2.75) is 25.9 Å². The van der Waals surface area contributed by atoms with Gasteiger partial charge in [0.2, 0.25) is 0 Å². The smallest absolute Gasteiger partial charge is 0.139 e. The Morgan fingerprint density at radius 2 is 2.21 bits per heavy atom. The van der Waals surface area contributed by atoms with Crippen LogP contribution in [0.2, 0.25) is 0 Å². The fourth-order valence-electron chi connectivity index (χ4n) is 1.81. The highest BCUT2D eigenvalue weighted by atomic mass is 19.1. The van der Waals surface area contributed by atoms with E-state index in [0.29, 0.717) is 5.92 Å². The molecule has 0 N–H and O–H groups in total. The molecule has 0 amide bonds. The highest BCUT2D eigenvalue weighted by Gasteiger charge is 2.09. The Morgan fingerprint density at radius 3 is 2.93 bits per heavy atom. The minimum Gasteiger partial charge on any atom is -0.281 e. The first-order valence-electron chi connectivity index (χ1n) is 4.98. The molecule has 1 nitrogen and oxygen atoms in total. The third kappa shape index (κ3) is 1.57. The monoisotopic (exact) mass is 191 g/mol. The molecule has 0 aliphatic carbocycles. The van der Waals surface area contributed by atoms with Crippen LogP contribution in [0.5, 0.6) is 0 Å². The van der Waals surface area contributed by atoms with E-state index >= 15 is 0 Å². The highest BCUT2D eigenvalue weighted by Crippen LogP contribution is 2.08. The topological polar surface area (TPSA) is 12.4 Å². The molecule has 2 rings (SSSR count). The molecule has 1 aromatic rings. The second-order valence-electron chi connectivity index (χ2n) is 3.96. The molecule has 1 unspecified atom stereocenters. The molecule has 1 heterocycles. The number of halogens is 1. The third-order valence-electron chi connectivity index (χ3n) is 2.52. The Balaban J connectivity index is 2.72. The molecule has 14 heavy (non-hydrogen) atoms. The fraction of sp³-hybridized carbons (Fsp3) is 0.417. The molecule has 1 aliphatic heterocycles. The van der Waals surface area contributed by atoms with Crippen LogP contribution in [0.25, 0.3) is 6.08 Å². The van der Waals surface area contributed by atoms with Gasteiger partial charge in [0.25, 0.3) is 0 Å². The van der Waals surface area contributed by atoms with E-state index in [1.54, 1.807) is 6.08 Å². The quantitative estimate of drug-likeness (QED) is 0.639. The lowest BCUT2D eigenvalue weighted by molar-refractivity contribution is 0.422. The summed E-state index contributed by atoms with van der Waals surface area (Å²) in [4.78, 5) is 4.21. The van der Waals surface area contributed by atoms with Gasteiger partial charge in [-0.25, -0.2) is 4.39 Å². The van der Waals surface area contributed by atoms with Gasteiger partial charge in [-0.2, -0.15) is 0 Å². The lowest BCUT2D eigenvalue weighted by atomic mass is 9.99. The van der Waals surface area contributed by atoms with E-state index in [0.717, 1.165) is 10.6 Å². The lowest BCUT2D eigenvalue weighted by Gasteiger charge is -2.11. The SMILES string of the molecule is CC(C)c1cccc2c1=CC(F)CN=2. The second-order valence-corrected chi connectivity index (χ2v) is 3.96. The van der Waals surface area contributed by atoms with Gasteiger partial charge in [-0.3, -0.25) is 4.99 Å². The molecule has 2 heteroatoms. The van der Waals surface area contributed by atoms with Crippen LogP contribution in [0.3, 0.4) is 0 Å². The first kappa shape index (κ1) is 9.38. The Kier molecular flexibility index (Phi) is 2.36. The van der Waals surface area contributed by atoms with Gasteiger partial charge in [-0.1, -0.05) is 26.0 Å². The van der Waals surface area contributed by atoms with Gasteiger partial charge in [0.15, 0.2) is 0 Å². The Hall–Kier alpha value is -1.18. The number of fused-ring (bicyclic) bond motifs is 1. The standard InChI is InChI=1S/C12H14FN/c1-8(2)10-4-3-5-12-11(10)6-9(13)7-14-12/h3-6,8-9H,7H2,1-2H3. The number of hydrogen-bond acceptors (Lipinski definition) is 1. The maximum Gasteiger partial charge on any atom is 0.139 e. The normalized spacial score (nSPS) is 19.9. The summed E-state index contributed by atoms with van der Waals surface area (Å²) in [6.45, 7) is 4.51. The van der Waals surface area contributed by atoms with Crippen molar-refractivity contribution >= 4 is 6.08 Å². The maximum atomic E-state index is 13.2. The zero-order chi connectivity index (χ0) is 10.1. The van der Waals surface area contributed by atoms with Crippen molar-refractivity contribution in [2.24, 2.45) is 4.99 Å². The van der Waals surface area contributed by atoms with Crippen molar-refractivity contribution in [1.82, 2.24) is 0 Å². The summed E-state index contributed by atoms with van der Waals surface area (Å²) in [5.74, 6) is 0.418. The van der Waals surface area contributed by atoms with Gasteiger partial charge in [0.05, 0.1) is 11.9 Å². The van der Waals surface area contributed by atoms with Crippen LogP contribution in [0.1, 0.15) is 25.3 Å². The summed E-state index contributed by atoms with van der Waals surface area (Å²) in [5.41, 5.74) is 1.19. The van der Waals surface area contributed by atoms with E-state index in [-0.39, 0.29) is 6.54 Å².